The molecule has 3 N–H and O–H groups in total. The highest BCUT2D eigenvalue weighted by molar-refractivity contribution is 5.79. The zero-order valence-corrected chi connectivity index (χ0v) is 13.0. The third kappa shape index (κ3) is 3.42. The summed E-state index contributed by atoms with van der Waals surface area (Å²) in [5.74, 6) is -10.9. The van der Waals surface area contributed by atoms with Crippen molar-refractivity contribution in [2.45, 2.75) is 31.8 Å². The molecule has 0 radical (unpaired) electrons. The number of nitrogens with two attached hydrogens (primary N) is 1. The molecule has 1 aromatic carbocycles. The Bertz CT molecular complexity index is 609. The van der Waals surface area contributed by atoms with Crippen LogP contribution in [0.2, 0.25) is 0 Å². The summed E-state index contributed by atoms with van der Waals surface area (Å²) in [5.41, 5.74) is 4.16. The van der Waals surface area contributed by atoms with Crippen LogP contribution in [0, 0.1) is 13.8 Å². The summed E-state index contributed by atoms with van der Waals surface area (Å²) < 4.78 is 84.0. The van der Waals surface area contributed by atoms with E-state index in [9.17, 15) is 31.1 Å². The lowest BCUT2D eigenvalue weighted by Gasteiger charge is -2.34. The first kappa shape index (κ1) is 20.1. The molecule has 1 unspecified atom stereocenters. The van der Waals surface area contributed by atoms with Gasteiger partial charge in [0.1, 0.15) is 0 Å². The second-order valence-electron chi connectivity index (χ2n) is 5.18. The average molecular weight is 358 g/mol. The maximum Gasteiger partial charge on any atom is 0.455 e. The lowest BCUT2D eigenvalue weighted by Crippen LogP contribution is -2.55. The van der Waals surface area contributed by atoms with Gasteiger partial charge in [-0.1, -0.05) is 0 Å². The quantitative estimate of drug-likeness (QED) is 0.768. The van der Waals surface area contributed by atoms with Crippen LogP contribution in [0.3, 0.4) is 0 Å². The SMILES string of the molecule is COC(F)(C(F)(F)F)C(F)(F)c1cc(C)c(NCC(N)=O)c(C)c1. The molecule has 136 valence electrons. The van der Waals surface area contributed by atoms with E-state index in [1.54, 1.807) is 0 Å². The Morgan fingerprint density at radius 1 is 1.12 bits per heavy atom. The van der Waals surface area contributed by atoms with Gasteiger partial charge in [-0.25, -0.2) is 0 Å². The van der Waals surface area contributed by atoms with Crippen molar-refractivity contribution in [2.24, 2.45) is 5.73 Å². The summed E-state index contributed by atoms with van der Waals surface area (Å²) in [6.07, 6.45) is -5.95. The average Bonchev–Trinajstić information content (AvgIpc) is 2.43. The summed E-state index contributed by atoms with van der Waals surface area (Å²) in [6, 6.07) is 1.38. The van der Waals surface area contributed by atoms with Crippen LogP contribution in [0.25, 0.3) is 0 Å². The van der Waals surface area contributed by atoms with E-state index in [0.717, 1.165) is 0 Å². The summed E-state index contributed by atoms with van der Waals surface area (Å²) in [5, 5.41) is 2.58. The minimum Gasteiger partial charge on any atom is -0.376 e. The van der Waals surface area contributed by atoms with Crippen molar-refractivity contribution in [3.8, 4) is 0 Å². The second-order valence-corrected chi connectivity index (χ2v) is 5.18. The number of hydrogen-bond donors (Lipinski definition) is 2. The topological polar surface area (TPSA) is 64.3 Å². The second kappa shape index (κ2) is 6.50. The van der Waals surface area contributed by atoms with Gasteiger partial charge in [-0.2, -0.15) is 26.3 Å². The van der Waals surface area contributed by atoms with E-state index in [1.807, 2.05) is 0 Å². The highest BCUT2D eigenvalue weighted by Gasteiger charge is 2.73. The van der Waals surface area contributed by atoms with Crippen molar-refractivity contribution in [3.63, 3.8) is 0 Å². The van der Waals surface area contributed by atoms with Crippen LogP contribution in [0.1, 0.15) is 16.7 Å². The summed E-state index contributed by atoms with van der Waals surface area (Å²) in [4.78, 5) is 10.8. The molecule has 10 heteroatoms. The van der Waals surface area contributed by atoms with Crippen molar-refractivity contribution < 1.29 is 35.9 Å². The smallest absolute Gasteiger partial charge is 0.376 e. The molecule has 0 spiro atoms. The Balaban J connectivity index is 3.38. The molecule has 1 aromatic rings. The number of benzene rings is 1. The molecule has 0 aliphatic carbocycles. The fourth-order valence-electron chi connectivity index (χ4n) is 2.21. The molecule has 24 heavy (non-hydrogen) atoms. The number of carbonyl (C=O) groups excluding carboxylic acids is 1. The van der Waals surface area contributed by atoms with Crippen LogP contribution in [-0.2, 0) is 15.5 Å². The van der Waals surface area contributed by atoms with Crippen LogP contribution in [0.4, 0.5) is 32.0 Å². The van der Waals surface area contributed by atoms with Crippen LogP contribution in [0.15, 0.2) is 12.1 Å². The van der Waals surface area contributed by atoms with Crippen molar-refractivity contribution in [3.05, 3.63) is 28.8 Å². The van der Waals surface area contributed by atoms with Gasteiger partial charge in [0.25, 0.3) is 0 Å². The number of amides is 1. The van der Waals surface area contributed by atoms with Gasteiger partial charge in [0.05, 0.1) is 6.54 Å². The molecule has 1 atom stereocenters. The first-order valence-electron chi connectivity index (χ1n) is 6.60. The van der Waals surface area contributed by atoms with Crippen LogP contribution >= 0.6 is 0 Å². The van der Waals surface area contributed by atoms with E-state index >= 15 is 0 Å². The van der Waals surface area contributed by atoms with Gasteiger partial charge in [-0.05, 0) is 37.1 Å². The molecule has 4 nitrogen and oxygen atoms in total. The molecular formula is C14H16F6N2O2. The number of alkyl halides is 6. The van der Waals surface area contributed by atoms with Gasteiger partial charge in [0, 0.05) is 18.4 Å². The third-order valence-corrected chi connectivity index (χ3v) is 3.38. The number of carbonyl (C=O) groups is 1. The van der Waals surface area contributed by atoms with E-state index in [0.29, 0.717) is 12.1 Å². The van der Waals surface area contributed by atoms with Crippen LogP contribution in [-0.4, -0.2) is 31.6 Å². The van der Waals surface area contributed by atoms with Crippen molar-refractivity contribution >= 4 is 11.6 Å². The van der Waals surface area contributed by atoms with Gasteiger partial charge in [0.2, 0.25) is 5.91 Å². The third-order valence-electron chi connectivity index (χ3n) is 3.38. The Morgan fingerprint density at radius 3 is 1.92 bits per heavy atom. The molecule has 0 saturated heterocycles. The molecule has 1 rings (SSSR count). The Kier molecular flexibility index (Phi) is 5.44. The number of primary amides is 1. The standard InChI is InChI=1S/C14H16F6N2O2/c1-7-4-9(5-8(2)11(7)22-6-10(21)23)12(15,16)13(17,24-3)14(18,19)20/h4-5,22H,6H2,1-3H3,(H2,21,23). The Hall–Kier alpha value is -1.97. The fraction of sp³-hybridized carbons (Fsp3) is 0.500. The van der Waals surface area contributed by atoms with Gasteiger partial charge >= 0.3 is 18.0 Å². The fourth-order valence-corrected chi connectivity index (χ4v) is 2.21. The Labute approximate surface area is 134 Å². The van der Waals surface area contributed by atoms with Crippen LogP contribution < -0.4 is 11.1 Å². The monoisotopic (exact) mass is 358 g/mol. The van der Waals surface area contributed by atoms with E-state index in [2.05, 4.69) is 10.1 Å². The van der Waals surface area contributed by atoms with Gasteiger partial charge in [0.15, 0.2) is 0 Å². The van der Waals surface area contributed by atoms with E-state index in [-0.39, 0.29) is 30.5 Å². The molecule has 0 saturated carbocycles. The highest BCUT2D eigenvalue weighted by Crippen LogP contribution is 2.51. The number of ether oxygens (including phenoxy) is 1. The number of aryl methyl sites for hydroxylation is 2. The first-order valence-corrected chi connectivity index (χ1v) is 6.60. The predicted octanol–water partition coefficient (Wildman–Crippen LogP) is 3.17. The maximum atomic E-state index is 14.2. The lowest BCUT2D eigenvalue weighted by molar-refractivity contribution is -0.398. The number of anilines is 1. The molecule has 0 bridgehead atoms. The molecule has 0 aliphatic rings. The molecular weight excluding hydrogens is 342 g/mol. The number of methoxy groups -OCH3 is 1. The number of rotatable bonds is 6. The van der Waals surface area contributed by atoms with Gasteiger partial charge in [-0.15, -0.1) is 0 Å². The largest absolute Gasteiger partial charge is 0.455 e. The minimum atomic E-state index is -5.95. The molecule has 0 heterocycles. The lowest BCUT2D eigenvalue weighted by atomic mass is 9.95. The summed E-state index contributed by atoms with van der Waals surface area (Å²) >= 11 is 0. The molecule has 1 amide bonds. The van der Waals surface area contributed by atoms with Crippen molar-refractivity contribution in [2.75, 3.05) is 19.0 Å². The van der Waals surface area contributed by atoms with E-state index in [1.165, 1.54) is 13.8 Å². The summed E-state index contributed by atoms with van der Waals surface area (Å²) in [7, 11) is 0.212. The minimum absolute atomic E-state index is 0.0894. The van der Waals surface area contributed by atoms with Crippen LogP contribution in [0.5, 0.6) is 0 Å². The number of nitrogens with one attached hydrogen (secondary N) is 1. The predicted molar refractivity (Wildman–Crippen MR) is 74.4 cm³/mol. The summed E-state index contributed by atoms with van der Waals surface area (Å²) in [6.45, 7) is 2.33. The highest BCUT2D eigenvalue weighted by atomic mass is 19.4. The maximum absolute atomic E-state index is 14.2. The molecule has 0 aromatic heterocycles. The van der Waals surface area contributed by atoms with E-state index in [4.69, 9.17) is 5.73 Å². The zero-order valence-electron chi connectivity index (χ0n) is 13.0. The van der Waals surface area contributed by atoms with E-state index < -0.39 is 29.4 Å². The Morgan fingerprint density at radius 2 is 1.58 bits per heavy atom. The number of hydrogen-bond acceptors (Lipinski definition) is 3. The van der Waals surface area contributed by atoms with Crippen molar-refractivity contribution in [1.82, 2.24) is 0 Å². The van der Waals surface area contributed by atoms with Gasteiger partial charge < -0.3 is 15.8 Å². The normalized spacial score (nSPS) is 15.0. The van der Waals surface area contributed by atoms with Crippen molar-refractivity contribution in [1.29, 1.82) is 0 Å². The number of halogens is 6. The molecule has 0 fully saturated rings. The van der Waals surface area contributed by atoms with Gasteiger partial charge in [-0.3, -0.25) is 4.79 Å². The zero-order chi connectivity index (χ0) is 18.9. The first-order chi connectivity index (χ1) is 10.8. The molecule has 0 aliphatic heterocycles.